The van der Waals surface area contributed by atoms with E-state index < -0.39 is 0 Å². The first-order chi connectivity index (χ1) is 15.4. The highest BCUT2D eigenvalue weighted by Gasteiger charge is 2.21. The van der Waals surface area contributed by atoms with E-state index in [1.165, 1.54) is 23.3 Å². The van der Waals surface area contributed by atoms with Gasteiger partial charge in [0.05, 0.1) is 10.2 Å². The number of aryl methyl sites for hydroxylation is 2. The van der Waals surface area contributed by atoms with Crippen molar-refractivity contribution in [1.29, 1.82) is 0 Å². The first kappa shape index (κ1) is 27.6. The van der Waals surface area contributed by atoms with Crippen LogP contribution in [-0.2, 0) is 4.79 Å². The average molecular weight is 510 g/mol. The van der Waals surface area contributed by atoms with Gasteiger partial charge in [-0.2, -0.15) is 0 Å². The number of halogens is 2. The van der Waals surface area contributed by atoms with Crippen molar-refractivity contribution >= 4 is 56.8 Å². The number of benzene rings is 2. The van der Waals surface area contributed by atoms with Gasteiger partial charge in [0.2, 0.25) is 5.91 Å². The highest BCUT2D eigenvalue weighted by atomic mass is 35.5. The van der Waals surface area contributed by atoms with Gasteiger partial charge >= 0.3 is 0 Å². The van der Waals surface area contributed by atoms with Crippen LogP contribution in [0, 0.1) is 19.7 Å². The predicted octanol–water partition coefficient (Wildman–Crippen LogP) is 6.72. The van der Waals surface area contributed by atoms with E-state index in [9.17, 15) is 9.18 Å². The third kappa shape index (κ3) is 7.67. The van der Waals surface area contributed by atoms with E-state index in [1.807, 2.05) is 4.90 Å². The van der Waals surface area contributed by atoms with E-state index in [0.29, 0.717) is 13.0 Å². The molecule has 1 aromatic heterocycles. The lowest BCUT2D eigenvalue weighted by molar-refractivity contribution is -0.118. The molecule has 0 bridgehead atoms. The molecule has 1 amide bonds. The molecule has 180 valence electrons. The molecular formula is C25H33ClFN3OS2. The van der Waals surface area contributed by atoms with Crippen molar-refractivity contribution in [2.75, 3.05) is 36.8 Å². The fraction of sp³-hybridized carbons (Fsp3) is 0.440. The molecule has 0 aliphatic heterocycles. The summed E-state index contributed by atoms with van der Waals surface area (Å²) in [6, 6.07) is 10.8. The average Bonchev–Trinajstić information content (AvgIpc) is 3.19. The topological polar surface area (TPSA) is 36.4 Å². The van der Waals surface area contributed by atoms with Crippen LogP contribution in [0.25, 0.3) is 10.2 Å². The zero-order valence-electron chi connectivity index (χ0n) is 19.8. The highest BCUT2D eigenvalue weighted by Crippen LogP contribution is 2.32. The van der Waals surface area contributed by atoms with Crippen molar-refractivity contribution in [3.63, 3.8) is 0 Å². The van der Waals surface area contributed by atoms with Crippen molar-refractivity contribution in [3.8, 4) is 0 Å². The number of thiazole rings is 1. The van der Waals surface area contributed by atoms with Crippen LogP contribution in [0.15, 0.2) is 41.3 Å². The SMILES string of the molecule is CCN(CC)CCN(C(=O)CCCSc1ccc(F)cc1)c1nc2cc(C)cc(C)c2s1.Cl. The summed E-state index contributed by atoms with van der Waals surface area (Å²) in [6.45, 7) is 11.9. The Kier molecular flexibility index (Phi) is 11.1. The van der Waals surface area contributed by atoms with Crippen LogP contribution in [0.1, 0.15) is 37.8 Å². The van der Waals surface area contributed by atoms with Crippen LogP contribution in [0.4, 0.5) is 9.52 Å². The molecule has 0 saturated carbocycles. The predicted molar refractivity (Wildman–Crippen MR) is 143 cm³/mol. The molecule has 0 saturated heterocycles. The van der Waals surface area contributed by atoms with Crippen LogP contribution in [0.2, 0.25) is 0 Å². The molecule has 0 N–H and O–H groups in total. The van der Waals surface area contributed by atoms with Gasteiger partial charge in [0.25, 0.3) is 0 Å². The van der Waals surface area contributed by atoms with Gasteiger partial charge < -0.3 is 4.90 Å². The second-order valence-electron chi connectivity index (χ2n) is 7.90. The molecule has 2 aromatic carbocycles. The lowest BCUT2D eigenvalue weighted by atomic mass is 10.1. The summed E-state index contributed by atoms with van der Waals surface area (Å²) < 4.78 is 14.2. The number of anilines is 1. The molecule has 0 unspecified atom stereocenters. The number of fused-ring (bicyclic) bond motifs is 1. The van der Waals surface area contributed by atoms with E-state index in [4.69, 9.17) is 4.98 Å². The maximum Gasteiger partial charge on any atom is 0.228 e. The summed E-state index contributed by atoms with van der Waals surface area (Å²) >= 11 is 3.26. The van der Waals surface area contributed by atoms with Crippen LogP contribution in [0.3, 0.4) is 0 Å². The highest BCUT2D eigenvalue weighted by molar-refractivity contribution is 7.99. The Morgan fingerprint density at radius 3 is 2.45 bits per heavy atom. The molecule has 0 spiro atoms. The standard InChI is InChI=1S/C25H32FN3OS2.ClH/c1-5-28(6-2)13-14-29(25-27-22-17-18(3)16-19(4)24(22)32-25)23(30)8-7-15-31-21-11-9-20(26)10-12-21;/h9-12,16-17H,5-8,13-15H2,1-4H3;1H. The van der Waals surface area contributed by atoms with Gasteiger partial charge in [0.1, 0.15) is 5.82 Å². The number of amides is 1. The lowest BCUT2D eigenvalue weighted by Gasteiger charge is -2.24. The molecule has 3 rings (SSSR count). The van der Waals surface area contributed by atoms with Crippen molar-refractivity contribution in [3.05, 3.63) is 53.3 Å². The summed E-state index contributed by atoms with van der Waals surface area (Å²) in [7, 11) is 0. The Balaban J connectivity index is 0.00000385. The summed E-state index contributed by atoms with van der Waals surface area (Å²) in [5, 5.41) is 0.789. The van der Waals surface area contributed by atoms with Gasteiger partial charge in [0.15, 0.2) is 5.13 Å². The number of hydrogen-bond acceptors (Lipinski definition) is 5. The molecule has 3 aromatic rings. The molecule has 0 aliphatic rings. The minimum absolute atomic E-state index is 0. The van der Waals surface area contributed by atoms with Crippen LogP contribution in [-0.4, -0.2) is 47.7 Å². The van der Waals surface area contributed by atoms with Gasteiger partial charge in [0, 0.05) is 24.4 Å². The zero-order chi connectivity index (χ0) is 23.1. The fourth-order valence-electron chi connectivity index (χ4n) is 3.67. The van der Waals surface area contributed by atoms with E-state index in [-0.39, 0.29) is 24.1 Å². The quantitative estimate of drug-likeness (QED) is 0.212. The number of carbonyl (C=O) groups excluding carboxylic acids is 1. The van der Waals surface area contributed by atoms with Crippen LogP contribution in [0.5, 0.6) is 0 Å². The first-order valence-corrected chi connectivity index (χ1v) is 13.0. The number of likely N-dealkylation sites (N-methyl/N-ethyl adjacent to an activating group) is 1. The van der Waals surface area contributed by atoms with Crippen molar-refractivity contribution in [1.82, 2.24) is 9.88 Å². The molecule has 0 aliphatic carbocycles. The number of thioether (sulfide) groups is 1. The first-order valence-electron chi connectivity index (χ1n) is 11.2. The van der Waals surface area contributed by atoms with Crippen molar-refractivity contribution < 1.29 is 9.18 Å². The molecule has 4 nitrogen and oxygen atoms in total. The Morgan fingerprint density at radius 1 is 1.09 bits per heavy atom. The third-order valence-electron chi connectivity index (χ3n) is 5.49. The second kappa shape index (κ2) is 13.3. The second-order valence-corrected chi connectivity index (χ2v) is 10.1. The van der Waals surface area contributed by atoms with Crippen LogP contribution >= 0.6 is 35.5 Å². The number of nitrogens with zero attached hydrogens (tertiary/aromatic N) is 3. The van der Waals surface area contributed by atoms with Crippen LogP contribution < -0.4 is 4.90 Å². The molecule has 0 radical (unpaired) electrons. The van der Waals surface area contributed by atoms with Gasteiger partial charge in [-0.1, -0.05) is 31.3 Å². The maximum atomic E-state index is 13.2. The number of carbonyl (C=O) groups is 1. The van der Waals surface area contributed by atoms with E-state index in [2.05, 4.69) is 44.7 Å². The molecule has 0 atom stereocenters. The third-order valence-corrected chi connectivity index (χ3v) is 7.82. The fourth-order valence-corrected chi connectivity index (χ4v) is 5.58. The summed E-state index contributed by atoms with van der Waals surface area (Å²) in [5.41, 5.74) is 3.36. The minimum Gasteiger partial charge on any atom is -0.302 e. The largest absolute Gasteiger partial charge is 0.302 e. The normalized spacial score (nSPS) is 11.1. The summed E-state index contributed by atoms with van der Waals surface area (Å²) in [6.07, 6.45) is 1.24. The summed E-state index contributed by atoms with van der Waals surface area (Å²) in [5.74, 6) is 0.708. The number of hydrogen-bond donors (Lipinski definition) is 0. The Bertz CT molecular complexity index is 1040. The molecule has 1 heterocycles. The Hall–Kier alpha value is -1.67. The smallest absolute Gasteiger partial charge is 0.228 e. The number of aromatic nitrogens is 1. The van der Waals surface area contributed by atoms with Gasteiger partial charge in [-0.3, -0.25) is 9.69 Å². The van der Waals surface area contributed by atoms with E-state index >= 15 is 0 Å². The van der Waals surface area contributed by atoms with E-state index in [0.717, 1.165) is 52.1 Å². The Morgan fingerprint density at radius 2 is 1.79 bits per heavy atom. The lowest BCUT2D eigenvalue weighted by Crippen LogP contribution is -2.38. The Labute approximate surface area is 211 Å². The monoisotopic (exact) mass is 509 g/mol. The van der Waals surface area contributed by atoms with Gasteiger partial charge in [-0.15, -0.1) is 24.2 Å². The minimum atomic E-state index is -0.227. The van der Waals surface area contributed by atoms with Gasteiger partial charge in [-0.25, -0.2) is 9.37 Å². The number of rotatable bonds is 11. The zero-order valence-corrected chi connectivity index (χ0v) is 22.2. The van der Waals surface area contributed by atoms with E-state index in [1.54, 1.807) is 35.2 Å². The van der Waals surface area contributed by atoms with Crippen molar-refractivity contribution in [2.24, 2.45) is 0 Å². The summed E-state index contributed by atoms with van der Waals surface area (Å²) in [4.78, 5) is 23.3. The molecule has 0 fully saturated rings. The molecule has 33 heavy (non-hydrogen) atoms. The molecule has 8 heteroatoms. The molecular weight excluding hydrogens is 477 g/mol. The van der Waals surface area contributed by atoms with Crippen molar-refractivity contribution in [2.45, 2.75) is 45.4 Å². The maximum absolute atomic E-state index is 13.2. The van der Waals surface area contributed by atoms with Gasteiger partial charge in [-0.05, 0) is 80.6 Å².